The zero-order valence-corrected chi connectivity index (χ0v) is 14.9. The van der Waals surface area contributed by atoms with Gasteiger partial charge >= 0.3 is 0 Å². The van der Waals surface area contributed by atoms with Gasteiger partial charge in [-0.25, -0.2) is 0 Å². The minimum atomic E-state index is -0.235. The number of likely N-dealkylation sites (N-methyl/N-ethyl adjacent to an activating group) is 1. The SMILES string of the molecule is CN1CCc2ccc(NC(=O)/C=C/c3ccccc3Cl)c(Cl)c2C1. The Morgan fingerprint density at radius 3 is 2.79 bits per heavy atom. The number of anilines is 1. The lowest BCUT2D eigenvalue weighted by Crippen LogP contribution is -2.27. The lowest BCUT2D eigenvalue weighted by atomic mass is 9.99. The number of fused-ring (bicyclic) bond motifs is 1. The Bertz CT molecular complexity index is 802. The summed E-state index contributed by atoms with van der Waals surface area (Å²) in [4.78, 5) is 14.4. The molecule has 0 aromatic heterocycles. The molecule has 0 spiro atoms. The van der Waals surface area contributed by atoms with E-state index in [1.807, 2.05) is 30.3 Å². The maximum atomic E-state index is 12.2. The van der Waals surface area contributed by atoms with Crippen molar-refractivity contribution in [3.05, 3.63) is 69.2 Å². The number of hydrogen-bond donors (Lipinski definition) is 1. The number of carbonyl (C=O) groups is 1. The molecule has 0 radical (unpaired) electrons. The van der Waals surface area contributed by atoms with Crippen LogP contribution in [-0.2, 0) is 17.8 Å². The van der Waals surface area contributed by atoms with E-state index in [2.05, 4.69) is 17.3 Å². The molecule has 0 saturated carbocycles. The number of halogens is 2. The number of nitrogens with zero attached hydrogens (tertiary/aromatic N) is 1. The van der Waals surface area contributed by atoms with Crippen molar-refractivity contribution in [1.82, 2.24) is 4.90 Å². The van der Waals surface area contributed by atoms with Crippen molar-refractivity contribution < 1.29 is 4.79 Å². The lowest BCUT2D eigenvalue weighted by molar-refractivity contribution is -0.111. The van der Waals surface area contributed by atoms with Crippen molar-refractivity contribution in [2.75, 3.05) is 18.9 Å². The van der Waals surface area contributed by atoms with E-state index in [0.29, 0.717) is 15.7 Å². The third kappa shape index (κ3) is 3.81. The molecule has 0 aliphatic carbocycles. The number of amides is 1. The standard InChI is InChI=1S/C19H18Cl2N2O/c1-23-11-10-13-6-8-17(19(21)15(13)12-23)22-18(24)9-7-14-4-2-3-5-16(14)20/h2-9H,10-12H2,1H3,(H,22,24)/b9-7+. The van der Waals surface area contributed by atoms with Gasteiger partial charge in [-0.2, -0.15) is 0 Å². The second-order valence-corrected chi connectivity index (χ2v) is 6.68. The molecule has 0 atom stereocenters. The summed E-state index contributed by atoms with van der Waals surface area (Å²) < 4.78 is 0. The molecule has 24 heavy (non-hydrogen) atoms. The number of rotatable bonds is 3. The van der Waals surface area contributed by atoms with Gasteiger partial charge in [-0.1, -0.05) is 47.5 Å². The van der Waals surface area contributed by atoms with Crippen LogP contribution < -0.4 is 5.32 Å². The fraction of sp³-hybridized carbons (Fsp3) is 0.211. The second kappa shape index (κ2) is 7.39. The first-order chi connectivity index (χ1) is 11.5. The van der Waals surface area contributed by atoms with Crippen LogP contribution in [0, 0.1) is 0 Å². The molecule has 0 bridgehead atoms. The molecule has 1 amide bonds. The van der Waals surface area contributed by atoms with E-state index in [1.165, 1.54) is 11.6 Å². The number of nitrogens with one attached hydrogen (secondary N) is 1. The number of carbonyl (C=O) groups excluding carboxylic acids is 1. The average Bonchev–Trinajstić information content (AvgIpc) is 2.57. The van der Waals surface area contributed by atoms with Crippen LogP contribution in [0.25, 0.3) is 6.08 Å². The predicted octanol–water partition coefficient (Wildman–Crippen LogP) is 4.63. The summed E-state index contributed by atoms with van der Waals surface area (Å²) in [6.07, 6.45) is 4.13. The first kappa shape index (κ1) is 17.0. The molecule has 1 N–H and O–H groups in total. The normalized spacial score (nSPS) is 14.6. The Kier molecular flexibility index (Phi) is 5.24. The summed E-state index contributed by atoms with van der Waals surface area (Å²) in [5.41, 5.74) is 3.79. The Labute approximate surface area is 151 Å². The van der Waals surface area contributed by atoms with E-state index >= 15 is 0 Å². The third-order valence-electron chi connectivity index (χ3n) is 4.11. The minimum Gasteiger partial charge on any atom is -0.321 e. The van der Waals surface area contributed by atoms with E-state index in [-0.39, 0.29) is 5.91 Å². The maximum absolute atomic E-state index is 12.2. The van der Waals surface area contributed by atoms with Gasteiger partial charge in [-0.05, 0) is 48.4 Å². The van der Waals surface area contributed by atoms with Gasteiger partial charge < -0.3 is 10.2 Å². The summed E-state index contributed by atoms with van der Waals surface area (Å²) in [7, 11) is 2.07. The summed E-state index contributed by atoms with van der Waals surface area (Å²) in [6.45, 7) is 1.82. The highest BCUT2D eigenvalue weighted by Crippen LogP contribution is 2.32. The van der Waals surface area contributed by atoms with Gasteiger partial charge in [-0.3, -0.25) is 4.79 Å². The van der Waals surface area contributed by atoms with E-state index in [4.69, 9.17) is 23.2 Å². The zero-order valence-electron chi connectivity index (χ0n) is 13.4. The first-order valence-corrected chi connectivity index (χ1v) is 8.52. The van der Waals surface area contributed by atoms with E-state index in [1.54, 1.807) is 12.1 Å². The third-order valence-corrected chi connectivity index (χ3v) is 4.88. The molecule has 5 heteroatoms. The summed E-state index contributed by atoms with van der Waals surface area (Å²) in [5, 5.41) is 4.08. The number of hydrogen-bond acceptors (Lipinski definition) is 2. The van der Waals surface area contributed by atoms with Crippen LogP contribution >= 0.6 is 23.2 Å². The van der Waals surface area contributed by atoms with Crippen LogP contribution in [0.2, 0.25) is 10.0 Å². The first-order valence-electron chi connectivity index (χ1n) is 7.77. The Hall–Kier alpha value is -1.81. The highest BCUT2D eigenvalue weighted by atomic mass is 35.5. The van der Waals surface area contributed by atoms with Crippen LogP contribution in [0.1, 0.15) is 16.7 Å². The molecule has 3 rings (SSSR count). The van der Waals surface area contributed by atoms with Gasteiger partial charge in [0, 0.05) is 24.2 Å². The molecule has 3 nitrogen and oxygen atoms in total. The molecule has 1 heterocycles. The lowest BCUT2D eigenvalue weighted by Gasteiger charge is -2.26. The van der Waals surface area contributed by atoms with Crippen molar-refractivity contribution in [1.29, 1.82) is 0 Å². The molecule has 2 aromatic rings. The Morgan fingerprint density at radius 1 is 1.21 bits per heavy atom. The van der Waals surface area contributed by atoms with Gasteiger partial charge in [0.05, 0.1) is 10.7 Å². The van der Waals surface area contributed by atoms with E-state index in [9.17, 15) is 4.79 Å². The van der Waals surface area contributed by atoms with Crippen LogP contribution in [0.5, 0.6) is 0 Å². The highest BCUT2D eigenvalue weighted by Gasteiger charge is 2.18. The second-order valence-electron chi connectivity index (χ2n) is 5.90. The van der Waals surface area contributed by atoms with Gasteiger partial charge in [0.15, 0.2) is 0 Å². The summed E-state index contributed by atoms with van der Waals surface area (Å²) in [5.74, 6) is -0.235. The topological polar surface area (TPSA) is 32.3 Å². The summed E-state index contributed by atoms with van der Waals surface area (Å²) in [6, 6.07) is 11.3. The molecule has 1 aliphatic heterocycles. The van der Waals surface area contributed by atoms with Crippen molar-refractivity contribution in [3.63, 3.8) is 0 Å². The molecule has 2 aromatic carbocycles. The summed E-state index contributed by atoms with van der Waals surface area (Å²) >= 11 is 12.6. The largest absolute Gasteiger partial charge is 0.321 e. The quantitative estimate of drug-likeness (QED) is 0.809. The molecule has 0 fully saturated rings. The smallest absolute Gasteiger partial charge is 0.248 e. The van der Waals surface area contributed by atoms with Gasteiger partial charge in [0.25, 0.3) is 0 Å². The van der Waals surface area contributed by atoms with Crippen molar-refractivity contribution in [2.24, 2.45) is 0 Å². The molecular weight excluding hydrogens is 343 g/mol. The molecule has 124 valence electrons. The zero-order chi connectivity index (χ0) is 17.1. The molecule has 0 saturated heterocycles. The fourth-order valence-corrected chi connectivity index (χ4v) is 3.26. The van der Waals surface area contributed by atoms with Gasteiger partial charge in [0.2, 0.25) is 5.91 Å². The molecule has 0 unspecified atom stereocenters. The average molecular weight is 361 g/mol. The predicted molar refractivity (Wildman–Crippen MR) is 101 cm³/mol. The number of benzene rings is 2. The Balaban J connectivity index is 1.75. The van der Waals surface area contributed by atoms with Gasteiger partial charge in [0.1, 0.15) is 0 Å². The Morgan fingerprint density at radius 2 is 2.00 bits per heavy atom. The maximum Gasteiger partial charge on any atom is 0.248 e. The van der Waals surface area contributed by atoms with Gasteiger partial charge in [-0.15, -0.1) is 0 Å². The van der Waals surface area contributed by atoms with Crippen molar-refractivity contribution in [3.8, 4) is 0 Å². The molecular formula is C19H18Cl2N2O. The van der Waals surface area contributed by atoms with Crippen LogP contribution in [0.15, 0.2) is 42.5 Å². The fourth-order valence-electron chi connectivity index (χ4n) is 2.77. The van der Waals surface area contributed by atoms with E-state index < -0.39 is 0 Å². The van der Waals surface area contributed by atoms with Crippen molar-refractivity contribution in [2.45, 2.75) is 13.0 Å². The highest BCUT2D eigenvalue weighted by molar-refractivity contribution is 6.35. The van der Waals surface area contributed by atoms with Crippen LogP contribution in [-0.4, -0.2) is 24.4 Å². The van der Waals surface area contributed by atoms with Crippen molar-refractivity contribution >= 4 is 40.9 Å². The van der Waals surface area contributed by atoms with Crippen LogP contribution in [0.4, 0.5) is 5.69 Å². The van der Waals surface area contributed by atoms with Crippen LogP contribution in [0.3, 0.4) is 0 Å². The van der Waals surface area contributed by atoms with E-state index in [0.717, 1.165) is 30.6 Å². The monoisotopic (exact) mass is 360 g/mol. The molecule has 1 aliphatic rings. The minimum absolute atomic E-state index is 0.235.